The zero-order chi connectivity index (χ0) is 14.5. The van der Waals surface area contributed by atoms with Crippen LogP contribution in [0.25, 0.3) is 0 Å². The van der Waals surface area contributed by atoms with Crippen LogP contribution < -0.4 is 5.32 Å². The fourth-order valence-corrected chi connectivity index (χ4v) is 3.13. The maximum Gasteiger partial charge on any atom is 0.225 e. The van der Waals surface area contributed by atoms with Gasteiger partial charge in [0.15, 0.2) is 0 Å². The molecule has 0 unspecified atom stereocenters. The van der Waals surface area contributed by atoms with Crippen molar-refractivity contribution in [1.82, 2.24) is 5.32 Å². The normalized spacial score (nSPS) is 18.4. The summed E-state index contributed by atoms with van der Waals surface area (Å²) in [4.78, 5) is 11.8. The number of nitrogens with zero attached hydrogens (tertiary/aromatic N) is 1. The zero-order valence-electron chi connectivity index (χ0n) is 10.7. The van der Waals surface area contributed by atoms with Gasteiger partial charge in [0.2, 0.25) is 5.91 Å². The molecule has 1 aromatic rings. The third kappa shape index (κ3) is 3.33. The van der Waals surface area contributed by atoms with Crippen LogP contribution in [0.4, 0.5) is 0 Å². The number of benzene rings is 1. The van der Waals surface area contributed by atoms with Crippen LogP contribution in [0.15, 0.2) is 52.0 Å². The molecule has 5 heteroatoms. The molecule has 1 aliphatic rings. The lowest BCUT2D eigenvalue weighted by atomic mass is 9.87. The van der Waals surface area contributed by atoms with Gasteiger partial charge in [0.1, 0.15) is 0 Å². The number of rotatable bonds is 4. The van der Waals surface area contributed by atoms with E-state index in [9.17, 15) is 10.1 Å². The van der Waals surface area contributed by atoms with Gasteiger partial charge in [0.25, 0.3) is 0 Å². The predicted octanol–water partition coefficient (Wildman–Crippen LogP) is 3.71. The molecule has 1 N–H and O–H groups in total. The van der Waals surface area contributed by atoms with E-state index < -0.39 is 0 Å². The van der Waals surface area contributed by atoms with Crippen molar-refractivity contribution in [3.63, 3.8) is 0 Å². The Morgan fingerprint density at radius 3 is 2.80 bits per heavy atom. The van der Waals surface area contributed by atoms with E-state index in [-0.39, 0.29) is 11.8 Å². The molecule has 0 aromatic heterocycles. The minimum Gasteiger partial charge on any atom is -0.320 e. The van der Waals surface area contributed by atoms with Crippen LogP contribution in [-0.2, 0) is 4.79 Å². The zero-order valence-corrected chi connectivity index (χ0v) is 13.1. The number of nitriles is 1. The Balaban J connectivity index is 2.39. The van der Waals surface area contributed by atoms with Gasteiger partial charge in [-0.25, -0.2) is 0 Å². The van der Waals surface area contributed by atoms with Crippen LogP contribution in [0.1, 0.15) is 17.9 Å². The van der Waals surface area contributed by atoms with Gasteiger partial charge in [-0.15, -0.1) is 18.3 Å². The Morgan fingerprint density at radius 2 is 2.20 bits per heavy atom. The van der Waals surface area contributed by atoms with Crippen molar-refractivity contribution in [2.24, 2.45) is 0 Å². The average Bonchev–Trinajstić information content (AvgIpc) is 2.45. The highest BCUT2D eigenvalue weighted by molar-refractivity contribution is 9.10. The van der Waals surface area contributed by atoms with Crippen molar-refractivity contribution in [3.05, 3.63) is 57.6 Å². The molecule has 0 radical (unpaired) electrons. The summed E-state index contributed by atoms with van der Waals surface area (Å²) in [5.41, 5.74) is 1.61. The molecule has 2 rings (SSSR count). The molecule has 102 valence electrons. The van der Waals surface area contributed by atoms with Crippen LogP contribution in [0.5, 0.6) is 0 Å². The summed E-state index contributed by atoms with van der Waals surface area (Å²) in [7, 11) is 0. The Morgan fingerprint density at radius 1 is 1.50 bits per heavy atom. The van der Waals surface area contributed by atoms with Gasteiger partial charge in [-0.3, -0.25) is 4.79 Å². The Labute approximate surface area is 130 Å². The van der Waals surface area contributed by atoms with E-state index in [2.05, 4.69) is 33.9 Å². The standard InChI is InChI=1S/C15H13BrN2OS/c1-2-7-20-15-13(9-17)12(8-14(19)18-15)10-3-5-11(16)6-4-10/h2-6,12H,1,7-8H2,(H,18,19)/t12-/m1/s1. The predicted molar refractivity (Wildman–Crippen MR) is 84.9 cm³/mol. The molecule has 0 saturated heterocycles. The summed E-state index contributed by atoms with van der Waals surface area (Å²) in [6.07, 6.45) is 2.06. The molecule has 3 nitrogen and oxygen atoms in total. The number of thioether (sulfide) groups is 1. The van der Waals surface area contributed by atoms with E-state index in [0.717, 1.165) is 10.0 Å². The molecule has 1 heterocycles. The van der Waals surface area contributed by atoms with E-state index in [1.807, 2.05) is 24.3 Å². The quantitative estimate of drug-likeness (QED) is 0.843. The van der Waals surface area contributed by atoms with Crippen molar-refractivity contribution in [2.45, 2.75) is 12.3 Å². The van der Waals surface area contributed by atoms with Crippen molar-refractivity contribution in [2.75, 3.05) is 5.75 Å². The number of hydrogen-bond acceptors (Lipinski definition) is 3. The van der Waals surface area contributed by atoms with E-state index >= 15 is 0 Å². The lowest BCUT2D eigenvalue weighted by Gasteiger charge is -2.24. The smallest absolute Gasteiger partial charge is 0.225 e. The second-order valence-corrected chi connectivity index (χ2v) is 6.26. The molecular formula is C15H13BrN2OS. The topological polar surface area (TPSA) is 52.9 Å². The maximum atomic E-state index is 11.8. The maximum absolute atomic E-state index is 11.8. The van der Waals surface area contributed by atoms with E-state index in [1.54, 1.807) is 6.08 Å². The van der Waals surface area contributed by atoms with Crippen LogP contribution in [0.2, 0.25) is 0 Å². The van der Waals surface area contributed by atoms with E-state index in [1.165, 1.54) is 11.8 Å². The second kappa shape index (κ2) is 6.78. The van der Waals surface area contributed by atoms with Gasteiger partial charge in [-0.2, -0.15) is 5.26 Å². The molecule has 0 fully saturated rings. The molecule has 0 spiro atoms. The van der Waals surface area contributed by atoms with E-state index in [4.69, 9.17) is 0 Å². The Kier molecular flexibility index (Phi) is 5.05. The molecule has 1 atom stereocenters. The molecule has 1 aromatic carbocycles. The second-order valence-electron chi connectivity index (χ2n) is 4.31. The summed E-state index contributed by atoms with van der Waals surface area (Å²) in [5, 5.41) is 12.9. The largest absolute Gasteiger partial charge is 0.320 e. The SMILES string of the molecule is C=CCSC1=C(C#N)[C@@H](c2ccc(Br)cc2)CC(=O)N1. The van der Waals surface area contributed by atoms with Gasteiger partial charge in [-0.1, -0.05) is 34.1 Å². The lowest BCUT2D eigenvalue weighted by Crippen LogP contribution is -2.30. The summed E-state index contributed by atoms with van der Waals surface area (Å²) in [6.45, 7) is 3.66. The highest BCUT2D eigenvalue weighted by Crippen LogP contribution is 2.36. The minimum absolute atomic E-state index is 0.0523. The van der Waals surface area contributed by atoms with Crippen LogP contribution in [0, 0.1) is 11.3 Å². The Bertz CT molecular complexity index is 601. The first-order valence-electron chi connectivity index (χ1n) is 6.09. The molecular weight excluding hydrogens is 336 g/mol. The molecule has 20 heavy (non-hydrogen) atoms. The molecule has 0 bridgehead atoms. The summed E-state index contributed by atoms with van der Waals surface area (Å²) in [6, 6.07) is 9.98. The number of carbonyl (C=O) groups is 1. The summed E-state index contributed by atoms with van der Waals surface area (Å²) < 4.78 is 0.977. The minimum atomic E-state index is -0.172. The van der Waals surface area contributed by atoms with Gasteiger partial charge in [0.05, 0.1) is 16.7 Å². The van der Waals surface area contributed by atoms with Crippen LogP contribution >= 0.6 is 27.7 Å². The number of hydrogen-bond donors (Lipinski definition) is 1. The van der Waals surface area contributed by atoms with Crippen molar-refractivity contribution in [1.29, 1.82) is 5.26 Å². The fourth-order valence-electron chi connectivity index (χ4n) is 2.06. The van der Waals surface area contributed by atoms with Crippen molar-refractivity contribution >= 4 is 33.6 Å². The molecule has 0 aliphatic carbocycles. The first-order chi connectivity index (χ1) is 9.65. The highest BCUT2D eigenvalue weighted by Gasteiger charge is 2.29. The summed E-state index contributed by atoms with van der Waals surface area (Å²) >= 11 is 4.82. The first kappa shape index (κ1) is 14.9. The molecule has 1 aliphatic heterocycles. The molecule has 1 amide bonds. The first-order valence-corrected chi connectivity index (χ1v) is 7.87. The van der Waals surface area contributed by atoms with Crippen molar-refractivity contribution in [3.8, 4) is 6.07 Å². The number of allylic oxidation sites excluding steroid dienone is 1. The van der Waals surface area contributed by atoms with Gasteiger partial charge < -0.3 is 5.32 Å². The average molecular weight is 349 g/mol. The lowest BCUT2D eigenvalue weighted by molar-refractivity contribution is -0.120. The van der Waals surface area contributed by atoms with Gasteiger partial charge >= 0.3 is 0 Å². The van der Waals surface area contributed by atoms with Crippen molar-refractivity contribution < 1.29 is 4.79 Å². The number of nitrogens with one attached hydrogen (secondary N) is 1. The van der Waals surface area contributed by atoms with Gasteiger partial charge in [0, 0.05) is 22.6 Å². The monoisotopic (exact) mass is 348 g/mol. The number of amides is 1. The third-order valence-corrected chi connectivity index (χ3v) is 4.52. The molecule has 0 saturated carbocycles. The highest BCUT2D eigenvalue weighted by atomic mass is 79.9. The third-order valence-electron chi connectivity index (χ3n) is 2.97. The number of carbonyl (C=O) groups excluding carboxylic acids is 1. The Hall–Kier alpha value is -1.51. The van der Waals surface area contributed by atoms with Crippen LogP contribution in [-0.4, -0.2) is 11.7 Å². The summed E-state index contributed by atoms with van der Waals surface area (Å²) in [5.74, 6) is 0.436. The number of halogens is 1. The van der Waals surface area contributed by atoms with E-state index in [0.29, 0.717) is 22.8 Å². The fraction of sp³-hybridized carbons (Fsp3) is 0.200. The van der Waals surface area contributed by atoms with Gasteiger partial charge in [-0.05, 0) is 17.7 Å². The van der Waals surface area contributed by atoms with Crippen LogP contribution in [0.3, 0.4) is 0 Å².